The summed E-state index contributed by atoms with van der Waals surface area (Å²) in [5.74, 6) is 0.722. The number of fused-ring (bicyclic) bond motifs is 1. The highest BCUT2D eigenvalue weighted by atomic mass is 16.5. The van der Waals surface area contributed by atoms with E-state index in [1.807, 2.05) is 6.07 Å². The molecular formula is C17H17N5O3. The fourth-order valence-corrected chi connectivity index (χ4v) is 2.92. The van der Waals surface area contributed by atoms with Gasteiger partial charge in [0.25, 0.3) is 5.91 Å². The average molecular weight is 339 g/mol. The monoisotopic (exact) mass is 339 g/mol. The van der Waals surface area contributed by atoms with Crippen molar-refractivity contribution in [2.45, 2.75) is 38.6 Å². The zero-order chi connectivity index (χ0) is 17.2. The first-order valence-corrected chi connectivity index (χ1v) is 8.24. The lowest BCUT2D eigenvalue weighted by Crippen LogP contribution is -2.27. The van der Waals surface area contributed by atoms with Crippen LogP contribution < -0.4 is 5.32 Å². The van der Waals surface area contributed by atoms with Gasteiger partial charge in [0.15, 0.2) is 0 Å². The fraction of sp³-hybridized carbons (Fsp3) is 0.353. The maximum atomic E-state index is 12.5. The molecule has 1 aliphatic rings. The number of hydrogen-bond acceptors (Lipinski definition) is 7. The highest BCUT2D eigenvalue weighted by Crippen LogP contribution is 2.24. The predicted molar refractivity (Wildman–Crippen MR) is 86.6 cm³/mol. The Morgan fingerprint density at radius 2 is 2.12 bits per heavy atom. The van der Waals surface area contributed by atoms with E-state index in [0.29, 0.717) is 11.7 Å². The Kier molecular flexibility index (Phi) is 4.01. The van der Waals surface area contributed by atoms with Crippen LogP contribution in [0.4, 0.5) is 0 Å². The quantitative estimate of drug-likeness (QED) is 0.778. The lowest BCUT2D eigenvalue weighted by Gasteiger charge is -2.11. The van der Waals surface area contributed by atoms with Crippen molar-refractivity contribution in [2.75, 3.05) is 0 Å². The van der Waals surface area contributed by atoms with Crippen molar-refractivity contribution >= 4 is 5.91 Å². The molecule has 4 rings (SSSR count). The van der Waals surface area contributed by atoms with Crippen LogP contribution in [0.5, 0.6) is 0 Å². The molecule has 8 heteroatoms. The molecule has 0 saturated carbocycles. The summed E-state index contributed by atoms with van der Waals surface area (Å²) in [6.07, 6.45) is 7.13. The normalized spacial score (nSPS) is 14.8. The molecule has 128 valence electrons. The van der Waals surface area contributed by atoms with Crippen LogP contribution in [0.2, 0.25) is 0 Å². The molecule has 25 heavy (non-hydrogen) atoms. The zero-order valence-corrected chi connectivity index (χ0v) is 13.7. The topological polar surface area (TPSA) is 107 Å². The molecule has 0 unspecified atom stereocenters. The highest BCUT2D eigenvalue weighted by Gasteiger charge is 2.26. The van der Waals surface area contributed by atoms with Gasteiger partial charge in [-0.15, -0.1) is 0 Å². The van der Waals surface area contributed by atoms with E-state index in [1.165, 1.54) is 0 Å². The lowest BCUT2D eigenvalue weighted by molar-refractivity contribution is 0.0894. The smallest absolute Gasteiger partial charge is 0.290 e. The summed E-state index contributed by atoms with van der Waals surface area (Å²) in [7, 11) is 0. The molecule has 3 aromatic rings. The molecule has 0 saturated heterocycles. The van der Waals surface area contributed by atoms with Gasteiger partial charge in [0.05, 0.1) is 5.69 Å². The van der Waals surface area contributed by atoms with E-state index in [1.54, 1.807) is 25.4 Å². The summed E-state index contributed by atoms with van der Waals surface area (Å²) >= 11 is 0. The van der Waals surface area contributed by atoms with E-state index in [2.05, 4.69) is 25.6 Å². The van der Waals surface area contributed by atoms with Crippen LogP contribution in [0, 0.1) is 0 Å². The lowest BCUT2D eigenvalue weighted by atomic mass is 9.96. The second kappa shape index (κ2) is 6.46. The predicted octanol–water partition coefficient (Wildman–Crippen LogP) is 2.49. The SMILES string of the molecule is C[C@H](NC(=O)c1onc2c1CCCC2)c1nc(-c2cccnc2)no1. The van der Waals surface area contributed by atoms with E-state index in [-0.39, 0.29) is 11.7 Å². The number of carbonyl (C=O) groups excluding carboxylic acids is 1. The third kappa shape index (κ3) is 3.02. The second-order valence-electron chi connectivity index (χ2n) is 6.04. The number of aromatic nitrogens is 4. The van der Waals surface area contributed by atoms with Gasteiger partial charge in [0.2, 0.25) is 17.5 Å². The van der Waals surface area contributed by atoms with Crippen molar-refractivity contribution < 1.29 is 13.8 Å². The molecule has 0 fully saturated rings. The summed E-state index contributed by atoms with van der Waals surface area (Å²) in [5, 5.41) is 10.8. The number of nitrogens with zero attached hydrogens (tertiary/aromatic N) is 4. The van der Waals surface area contributed by atoms with Crippen LogP contribution in [0.15, 0.2) is 33.6 Å². The van der Waals surface area contributed by atoms with Crippen LogP contribution in [-0.4, -0.2) is 26.2 Å². The molecule has 1 aliphatic carbocycles. The Morgan fingerprint density at radius 1 is 1.24 bits per heavy atom. The minimum atomic E-state index is -0.449. The van der Waals surface area contributed by atoms with Gasteiger partial charge < -0.3 is 14.4 Å². The molecule has 0 aromatic carbocycles. The summed E-state index contributed by atoms with van der Waals surface area (Å²) in [4.78, 5) is 20.8. The van der Waals surface area contributed by atoms with Crippen molar-refractivity contribution in [3.05, 3.63) is 47.4 Å². The first-order chi connectivity index (χ1) is 12.2. The van der Waals surface area contributed by atoms with Gasteiger partial charge in [0.1, 0.15) is 6.04 Å². The highest BCUT2D eigenvalue weighted by molar-refractivity contribution is 5.93. The first kappa shape index (κ1) is 15.5. The fourth-order valence-electron chi connectivity index (χ4n) is 2.92. The maximum absolute atomic E-state index is 12.5. The summed E-state index contributed by atoms with van der Waals surface area (Å²) in [6, 6.07) is 3.18. The number of pyridine rings is 1. The van der Waals surface area contributed by atoms with Gasteiger partial charge in [-0.1, -0.05) is 10.3 Å². The number of rotatable bonds is 4. The molecule has 0 radical (unpaired) electrons. The number of nitrogens with one attached hydrogen (secondary N) is 1. The molecule has 3 aromatic heterocycles. The third-order valence-corrected chi connectivity index (χ3v) is 4.25. The number of amides is 1. The van der Waals surface area contributed by atoms with E-state index < -0.39 is 6.04 Å². The van der Waals surface area contributed by atoms with E-state index in [0.717, 1.165) is 42.5 Å². The molecule has 0 bridgehead atoms. The van der Waals surface area contributed by atoms with Crippen molar-refractivity contribution in [1.29, 1.82) is 0 Å². The number of aryl methyl sites for hydroxylation is 1. The van der Waals surface area contributed by atoms with Crippen molar-refractivity contribution in [3.63, 3.8) is 0 Å². The van der Waals surface area contributed by atoms with Crippen LogP contribution in [0.25, 0.3) is 11.4 Å². The van der Waals surface area contributed by atoms with Gasteiger partial charge in [-0.25, -0.2) is 0 Å². The number of carbonyl (C=O) groups is 1. The van der Waals surface area contributed by atoms with Gasteiger partial charge in [-0.2, -0.15) is 4.98 Å². The van der Waals surface area contributed by atoms with Crippen LogP contribution in [0.1, 0.15) is 53.5 Å². The largest absolute Gasteiger partial charge is 0.350 e. The van der Waals surface area contributed by atoms with Crippen LogP contribution in [0.3, 0.4) is 0 Å². The summed E-state index contributed by atoms with van der Waals surface area (Å²) in [6.45, 7) is 1.78. The standard InChI is InChI=1S/C17H17N5O3/c1-10(17-20-15(22-25-17)11-5-4-8-18-9-11)19-16(23)14-12-6-2-3-7-13(12)21-24-14/h4-5,8-10H,2-3,6-7H2,1H3,(H,19,23)/t10-/m0/s1. The minimum Gasteiger partial charge on any atom is -0.350 e. The molecule has 1 amide bonds. The van der Waals surface area contributed by atoms with Gasteiger partial charge in [-0.05, 0) is 44.7 Å². The Balaban J connectivity index is 1.49. The molecule has 3 heterocycles. The first-order valence-electron chi connectivity index (χ1n) is 8.24. The van der Waals surface area contributed by atoms with Gasteiger partial charge in [0, 0.05) is 23.5 Å². The van der Waals surface area contributed by atoms with Crippen LogP contribution >= 0.6 is 0 Å². The summed E-state index contributed by atoms with van der Waals surface area (Å²) < 4.78 is 10.5. The molecule has 0 aliphatic heterocycles. The summed E-state index contributed by atoms with van der Waals surface area (Å²) in [5.41, 5.74) is 2.55. The second-order valence-corrected chi connectivity index (χ2v) is 6.04. The molecule has 8 nitrogen and oxygen atoms in total. The van der Waals surface area contributed by atoms with Crippen molar-refractivity contribution in [3.8, 4) is 11.4 Å². The maximum Gasteiger partial charge on any atom is 0.290 e. The Bertz CT molecular complexity index is 887. The van der Waals surface area contributed by atoms with Crippen molar-refractivity contribution in [1.82, 2.24) is 25.6 Å². The minimum absolute atomic E-state index is 0.286. The molecule has 1 N–H and O–H groups in total. The third-order valence-electron chi connectivity index (χ3n) is 4.25. The molecular weight excluding hydrogens is 322 g/mol. The van der Waals surface area contributed by atoms with Gasteiger partial charge >= 0.3 is 0 Å². The molecule has 0 spiro atoms. The average Bonchev–Trinajstić information content (AvgIpc) is 3.30. The van der Waals surface area contributed by atoms with Crippen LogP contribution in [-0.2, 0) is 12.8 Å². The Hall–Kier alpha value is -3.03. The zero-order valence-electron chi connectivity index (χ0n) is 13.7. The Labute approximate surface area is 143 Å². The molecule has 1 atom stereocenters. The van der Waals surface area contributed by atoms with E-state index in [4.69, 9.17) is 9.05 Å². The van der Waals surface area contributed by atoms with E-state index >= 15 is 0 Å². The van der Waals surface area contributed by atoms with Crippen molar-refractivity contribution in [2.24, 2.45) is 0 Å². The van der Waals surface area contributed by atoms with Gasteiger partial charge in [-0.3, -0.25) is 9.78 Å². The van der Waals surface area contributed by atoms with E-state index in [9.17, 15) is 4.79 Å². The number of hydrogen-bond donors (Lipinski definition) is 1. The Morgan fingerprint density at radius 3 is 2.96 bits per heavy atom.